The first-order chi connectivity index (χ1) is 7.84. The topological polar surface area (TPSA) is 35.2 Å². The molecule has 0 aliphatic rings. The molecule has 0 radical (unpaired) electrons. The molecule has 1 rings (SSSR count). The summed E-state index contributed by atoms with van der Waals surface area (Å²) in [5.41, 5.74) is 7.55. The lowest BCUT2D eigenvalue weighted by Crippen LogP contribution is -2.46. The highest BCUT2D eigenvalue weighted by Gasteiger charge is 2.30. The van der Waals surface area contributed by atoms with Crippen LogP contribution in [0.3, 0.4) is 0 Å². The Morgan fingerprint density at radius 1 is 1.35 bits per heavy atom. The van der Waals surface area contributed by atoms with Crippen molar-refractivity contribution in [2.24, 2.45) is 11.1 Å². The molecule has 1 aromatic rings. The zero-order valence-corrected chi connectivity index (χ0v) is 12.6. The molecule has 0 fully saturated rings. The fourth-order valence-electron chi connectivity index (χ4n) is 2.21. The van der Waals surface area contributed by atoms with Crippen LogP contribution in [0.25, 0.3) is 0 Å². The van der Waals surface area contributed by atoms with E-state index in [1.807, 2.05) is 12.1 Å². The van der Waals surface area contributed by atoms with Gasteiger partial charge in [0.15, 0.2) is 0 Å². The second-order valence-electron chi connectivity index (χ2n) is 5.52. The van der Waals surface area contributed by atoms with Crippen LogP contribution in [0.5, 0.6) is 0 Å². The van der Waals surface area contributed by atoms with Gasteiger partial charge in [-0.25, -0.2) is 0 Å². The van der Waals surface area contributed by atoms with Crippen LogP contribution in [0.2, 0.25) is 0 Å². The second kappa shape index (κ2) is 5.98. The highest BCUT2D eigenvalue weighted by atomic mass is 79.9. The minimum atomic E-state index is 0.00861. The molecule has 0 amide bonds. The maximum absolute atomic E-state index is 6.26. The molecule has 0 aliphatic carbocycles. The van der Waals surface area contributed by atoms with Crippen LogP contribution in [-0.4, -0.2) is 19.3 Å². The predicted molar refractivity (Wildman–Crippen MR) is 76.1 cm³/mol. The molecule has 0 bridgehead atoms. The average molecular weight is 300 g/mol. The van der Waals surface area contributed by atoms with Gasteiger partial charge >= 0.3 is 0 Å². The number of hydrogen-bond acceptors (Lipinski definition) is 2. The Balaban J connectivity index is 2.74. The SMILES string of the molecule is COC(C(N)Cc1cccc(Br)c1)C(C)(C)C. The van der Waals surface area contributed by atoms with Gasteiger partial charge in [0.25, 0.3) is 0 Å². The largest absolute Gasteiger partial charge is 0.379 e. The molecule has 0 aromatic heterocycles. The molecule has 3 heteroatoms. The Morgan fingerprint density at radius 2 is 2.00 bits per heavy atom. The van der Waals surface area contributed by atoms with Crippen LogP contribution < -0.4 is 5.73 Å². The van der Waals surface area contributed by atoms with Crippen molar-refractivity contribution in [2.75, 3.05) is 7.11 Å². The highest BCUT2D eigenvalue weighted by Crippen LogP contribution is 2.25. The third-order valence-corrected chi connectivity index (χ3v) is 3.35. The molecule has 0 saturated carbocycles. The Hall–Kier alpha value is -0.380. The predicted octanol–water partition coefficient (Wildman–Crippen LogP) is 3.38. The molecule has 2 nitrogen and oxygen atoms in total. The molecule has 0 heterocycles. The molecule has 96 valence electrons. The minimum absolute atomic E-state index is 0.00861. The normalized spacial score (nSPS) is 15.6. The van der Waals surface area contributed by atoms with Gasteiger partial charge in [-0.05, 0) is 29.5 Å². The number of ether oxygens (including phenoxy) is 1. The summed E-state index contributed by atoms with van der Waals surface area (Å²) in [7, 11) is 1.73. The molecular formula is C14H22BrNO. The van der Waals surface area contributed by atoms with E-state index in [2.05, 4.69) is 48.8 Å². The number of nitrogens with two attached hydrogens (primary N) is 1. The van der Waals surface area contributed by atoms with Crippen molar-refractivity contribution in [3.05, 3.63) is 34.3 Å². The second-order valence-corrected chi connectivity index (χ2v) is 6.44. The summed E-state index contributed by atoms with van der Waals surface area (Å²) in [4.78, 5) is 0. The van der Waals surface area contributed by atoms with E-state index in [1.54, 1.807) is 7.11 Å². The van der Waals surface area contributed by atoms with Crippen LogP contribution in [0.15, 0.2) is 28.7 Å². The van der Waals surface area contributed by atoms with Crippen LogP contribution in [0.4, 0.5) is 0 Å². The number of methoxy groups -OCH3 is 1. The Bertz CT molecular complexity index is 359. The molecule has 2 N–H and O–H groups in total. The summed E-state index contributed by atoms with van der Waals surface area (Å²) in [5.74, 6) is 0. The van der Waals surface area contributed by atoms with E-state index in [0.717, 1.165) is 10.9 Å². The zero-order chi connectivity index (χ0) is 13.1. The summed E-state index contributed by atoms with van der Waals surface area (Å²) in [6.45, 7) is 6.46. The molecule has 1 aromatic carbocycles. The van der Waals surface area contributed by atoms with E-state index in [4.69, 9.17) is 10.5 Å². The standard InChI is InChI=1S/C14H22BrNO/c1-14(2,3)13(17-4)12(16)9-10-6-5-7-11(15)8-10/h5-8,12-13H,9,16H2,1-4H3. The molecule has 2 atom stereocenters. The average Bonchev–Trinajstić information content (AvgIpc) is 2.15. The monoisotopic (exact) mass is 299 g/mol. The molecule has 0 aliphatic heterocycles. The first-order valence-electron chi connectivity index (χ1n) is 5.87. The quantitative estimate of drug-likeness (QED) is 0.925. The maximum Gasteiger partial charge on any atom is 0.0773 e. The zero-order valence-electron chi connectivity index (χ0n) is 11.0. The van der Waals surface area contributed by atoms with E-state index >= 15 is 0 Å². The summed E-state index contributed by atoms with van der Waals surface area (Å²) in [5, 5.41) is 0. The third kappa shape index (κ3) is 4.41. The van der Waals surface area contributed by atoms with Gasteiger partial charge in [-0.15, -0.1) is 0 Å². The Kier molecular flexibility index (Phi) is 5.17. The summed E-state index contributed by atoms with van der Waals surface area (Å²) in [6.07, 6.45) is 0.886. The number of benzene rings is 1. The fraction of sp³-hybridized carbons (Fsp3) is 0.571. The van der Waals surface area contributed by atoms with Crippen molar-refractivity contribution in [3.8, 4) is 0 Å². The van der Waals surface area contributed by atoms with Crippen molar-refractivity contribution in [2.45, 2.75) is 39.3 Å². The number of rotatable bonds is 4. The van der Waals surface area contributed by atoms with E-state index in [0.29, 0.717) is 0 Å². The summed E-state index contributed by atoms with van der Waals surface area (Å²) in [6, 6.07) is 8.27. The van der Waals surface area contributed by atoms with Crippen molar-refractivity contribution >= 4 is 15.9 Å². The Labute approximate surface area is 113 Å². The van der Waals surface area contributed by atoms with Gasteiger partial charge in [-0.3, -0.25) is 0 Å². The van der Waals surface area contributed by atoms with Gasteiger partial charge in [0.1, 0.15) is 0 Å². The van der Waals surface area contributed by atoms with Gasteiger partial charge < -0.3 is 10.5 Å². The first-order valence-corrected chi connectivity index (χ1v) is 6.66. The van der Waals surface area contributed by atoms with Crippen molar-refractivity contribution in [1.29, 1.82) is 0 Å². The van der Waals surface area contributed by atoms with Gasteiger partial charge in [0.05, 0.1) is 6.10 Å². The minimum Gasteiger partial charge on any atom is -0.379 e. The van der Waals surface area contributed by atoms with E-state index in [1.165, 1.54) is 5.56 Å². The fourth-order valence-corrected chi connectivity index (χ4v) is 2.66. The number of halogens is 1. The molecular weight excluding hydrogens is 278 g/mol. The van der Waals surface area contributed by atoms with Crippen molar-refractivity contribution < 1.29 is 4.74 Å². The lowest BCUT2D eigenvalue weighted by molar-refractivity contribution is -0.00165. The Morgan fingerprint density at radius 3 is 2.47 bits per heavy atom. The molecule has 0 spiro atoms. The summed E-state index contributed by atoms with van der Waals surface area (Å²) >= 11 is 3.47. The lowest BCUT2D eigenvalue weighted by Gasteiger charge is -2.34. The van der Waals surface area contributed by atoms with E-state index < -0.39 is 0 Å². The molecule has 17 heavy (non-hydrogen) atoms. The van der Waals surface area contributed by atoms with Crippen molar-refractivity contribution in [3.63, 3.8) is 0 Å². The molecule has 2 unspecified atom stereocenters. The van der Waals surface area contributed by atoms with Crippen LogP contribution in [0.1, 0.15) is 26.3 Å². The highest BCUT2D eigenvalue weighted by molar-refractivity contribution is 9.10. The van der Waals surface area contributed by atoms with Crippen LogP contribution in [0, 0.1) is 5.41 Å². The smallest absolute Gasteiger partial charge is 0.0773 e. The van der Waals surface area contributed by atoms with E-state index in [9.17, 15) is 0 Å². The lowest BCUT2D eigenvalue weighted by atomic mass is 9.83. The van der Waals surface area contributed by atoms with Gasteiger partial charge in [-0.2, -0.15) is 0 Å². The van der Waals surface area contributed by atoms with Crippen LogP contribution in [-0.2, 0) is 11.2 Å². The van der Waals surface area contributed by atoms with Gasteiger partial charge in [0, 0.05) is 17.6 Å². The third-order valence-electron chi connectivity index (χ3n) is 2.86. The van der Waals surface area contributed by atoms with Gasteiger partial charge in [-0.1, -0.05) is 48.8 Å². The first kappa shape index (κ1) is 14.7. The number of hydrogen-bond donors (Lipinski definition) is 1. The maximum atomic E-state index is 6.26. The van der Waals surface area contributed by atoms with E-state index in [-0.39, 0.29) is 17.6 Å². The molecule has 0 saturated heterocycles. The summed E-state index contributed by atoms with van der Waals surface area (Å²) < 4.78 is 6.63. The van der Waals surface area contributed by atoms with Crippen LogP contribution >= 0.6 is 15.9 Å². The van der Waals surface area contributed by atoms with Gasteiger partial charge in [0.2, 0.25) is 0 Å². The van der Waals surface area contributed by atoms with Crippen molar-refractivity contribution in [1.82, 2.24) is 0 Å².